The number of carbonyl (C=O) groups excluding carboxylic acids is 2. The summed E-state index contributed by atoms with van der Waals surface area (Å²) in [5.74, 6) is 0.681. The van der Waals surface area contributed by atoms with Crippen molar-refractivity contribution in [1.82, 2.24) is 9.88 Å². The fraction of sp³-hybridized carbons (Fsp3) is 0.682. The molecule has 2 fully saturated rings. The van der Waals surface area contributed by atoms with Gasteiger partial charge >= 0.3 is 0 Å². The molecule has 0 aromatic carbocycles. The maximum atomic E-state index is 12.3. The first kappa shape index (κ1) is 24.9. The molecule has 2 N–H and O–H groups in total. The lowest BCUT2D eigenvalue weighted by molar-refractivity contribution is -0.138. The van der Waals surface area contributed by atoms with E-state index in [9.17, 15) is 9.59 Å². The number of nitrogen functional groups attached to an aromatic ring is 1. The van der Waals surface area contributed by atoms with Crippen LogP contribution in [0.2, 0.25) is 0 Å². The molecule has 164 valence electrons. The molecular formula is C22H38N4O3. The first-order valence-electron chi connectivity index (χ1n) is 10.5. The van der Waals surface area contributed by atoms with Crippen LogP contribution in [0.4, 0.5) is 11.5 Å². The van der Waals surface area contributed by atoms with E-state index in [0.29, 0.717) is 30.8 Å². The van der Waals surface area contributed by atoms with Crippen molar-refractivity contribution in [2.75, 3.05) is 24.2 Å². The van der Waals surface area contributed by atoms with Gasteiger partial charge in [-0.1, -0.05) is 26.7 Å². The van der Waals surface area contributed by atoms with E-state index >= 15 is 0 Å². The lowest BCUT2D eigenvalue weighted by Gasteiger charge is -2.25. The van der Waals surface area contributed by atoms with E-state index in [4.69, 9.17) is 5.73 Å². The van der Waals surface area contributed by atoms with Crippen molar-refractivity contribution < 1.29 is 14.3 Å². The summed E-state index contributed by atoms with van der Waals surface area (Å²) in [5.41, 5.74) is 6.12. The highest BCUT2D eigenvalue weighted by Gasteiger charge is 2.38. The highest BCUT2D eigenvalue weighted by atomic mass is 16.5. The van der Waals surface area contributed by atoms with Crippen LogP contribution in [-0.2, 0) is 14.3 Å². The molecule has 3 rings (SSSR count). The molecule has 7 nitrogen and oxygen atoms in total. The van der Waals surface area contributed by atoms with Gasteiger partial charge in [-0.2, -0.15) is 0 Å². The Labute approximate surface area is 175 Å². The summed E-state index contributed by atoms with van der Waals surface area (Å²) in [6, 6.07) is 4.50. The minimum atomic E-state index is -0.318. The van der Waals surface area contributed by atoms with Crippen LogP contribution in [0.5, 0.6) is 0 Å². The summed E-state index contributed by atoms with van der Waals surface area (Å²) in [5, 5.41) is 0. The predicted molar refractivity (Wildman–Crippen MR) is 118 cm³/mol. The average molecular weight is 407 g/mol. The van der Waals surface area contributed by atoms with E-state index < -0.39 is 0 Å². The van der Waals surface area contributed by atoms with Crippen LogP contribution in [-0.4, -0.2) is 53.5 Å². The quantitative estimate of drug-likeness (QED) is 0.771. The summed E-state index contributed by atoms with van der Waals surface area (Å²) < 4.78 is 4.55. The fourth-order valence-corrected chi connectivity index (χ4v) is 3.13. The van der Waals surface area contributed by atoms with Crippen molar-refractivity contribution in [2.45, 2.75) is 84.4 Å². The number of amides is 1. The van der Waals surface area contributed by atoms with Gasteiger partial charge in [0.15, 0.2) is 0 Å². The normalized spacial score (nSPS) is 21.3. The van der Waals surface area contributed by atoms with E-state index in [2.05, 4.69) is 35.5 Å². The lowest BCUT2D eigenvalue weighted by Crippen LogP contribution is -2.38. The lowest BCUT2D eigenvalue weighted by atomic mass is 10.1. The molecule has 1 aromatic heterocycles. The smallest absolute Gasteiger partial charge is 0.293 e. The van der Waals surface area contributed by atoms with Crippen LogP contribution in [0, 0.1) is 0 Å². The minimum Gasteiger partial charge on any atom is -0.462 e. The Bertz CT molecular complexity index is 626. The number of pyridine rings is 1. The Morgan fingerprint density at radius 1 is 1.21 bits per heavy atom. The Kier molecular flexibility index (Phi) is 10.1. The third kappa shape index (κ3) is 8.40. The zero-order chi connectivity index (χ0) is 22.0. The molecule has 7 heteroatoms. The molecule has 2 aliphatic heterocycles. The number of unbranched alkanes of at least 4 members (excludes halogenated alkanes) is 1. The van der Waals surface area contributed by atoms with Gasteiger partial charge in [0.2, 0.25) is 5.91 Å². The molecule has 29 heavy (non-hydrogen) atoms. The molecule has 2 unspecified atom stereocenters. The third-order valence-electron chi connectivity index (χ3n) is 5.07. The van der Waals surface area contributed by atoms with Gasteiger partial charge in [0, 0.05) is 25.0 Å². The molecule has 2 bridgehead atoms. The Balaban J connectivity index is 0.000000321. The molecule has 2 atom stereocenters. The van der Waals surface area contributed by atoms with Crippen molar-refractivity contribution in [3.8, 4) is 0 Å². The molecular weight excluding hydrogens is 368 g/mol. The van der Waals surface area contributed by atoms with Crippen LogP contribution in [0.15, 0.2) is 18.3 Å². The zero-order valence-electron chi connectivity index (χ0n) is 18.9. The number of rotatable bonds is 3. The van der Waals surface area contributed by atoms with Gasteiger partial charge < -0.3 is 15.4 Å². The van der Waals surface area contributed by atoms with Crippen molar-refractivity contribution in [1.29, 1.82) is 0 Å². The topological polar surface area (TPSA) is 88.8 Å². The number of aromatic nitrogens is 1. The van der Waals surface area contributed by atoms with Gasteiger partial charge in [-0.15, -0.1) is 0 Å². The summed E-state index contributed by atoms with van der Waals surface area (Å²) >= 11 is 0. The number of ether oxygens (including phenoxy) is 1. The predicted octanol–water partition coefficient (Wildman–Crippen LogP) is 3.63. The standard InChI is InChI=1S/C13H18N4O.C5H10O2.C4H10/c1-16-9-2-3-11(16)8-17(13(18)6-9)10-4-5-12(14)15-7-10;1-5(2,3)7-4-6;1-3-4-2/h4-5,7,9,11H,2-3,6,8H2,1H3,(H2,14,15);4H,1-3H3;3-4H2,1-2H3. The Morgan fingerprint density at radius 3 is 2.28 bits per heavy atom. The van der Waals surface area contributed by atoms with Crippen LogP contribution in [0.1, 0.15) is 66.7 Å². The second kappa shape index (κ2) is 11.8. The largest absolute Gasteiger partial charge is 0.462 e. The van der Waals surface area contributed by atoms with Crippen LogP contribution < -0.4 is 10.6 Å². The first-order valence-corrected chi connectivity index (χ1v) is 10.5. The molecule has 3 heterocycles. The van der Waals surface area contributed by atoms with Gasteiger partial charge in [0.25, 0.3) is 6.47 Å². The third-order valence-corrected chi connectivity index (χ3v) is 5.07. The van der Waals surface area contributed by atoms with E-state index in [1.54, 1.807) is 12.3 Å². The van der Waals surface area contributed by atoms with E-state index in [-0.39, 0.29) is 11.5 Å². The van der Waals surface area contributed by atoms with Gasteiger partial charge in [-0.25, -0.2) is 4.98 Å². The number of hydrogen-bond donors (Lipinski definition) is 1. The van der Waals surface area contributed by atoms with Gasteiger partial charge in [-0.05, 0) is 52.8 Å². The SMILES string of the molecule is CC(C)(C)OC=O.CCCC.CN1C2CCC1CN(c1ccc(N)nc1)C(=O)C2. The molecule has 2 aliphatic rings. The highest BCUT2D eigenvalue weighted by molar-refractivity contribution is 5.94. The highest BCUT2D eigenvalue weighted by Crippen LogP contribution is 2.31. The van der Waals surface area contributed by atoms with Gasteiger partial charge in [0.1, 0.15) is 11.4 Å². The van der Waals surface area contributed by atoms with Crippen molar-refractivity contribution in [3.63, 3.8) is 0 Å². The minimum absolute atomic E-state index is 0.195. The molecule has 2 saturated heterocycles. The fourth-order valence-electron chi connectivity index (χ4n) is 3.13. The summed E-state index contributed by atoms with van der Waals surface area (Å²) in [7, 11) is 2.13. The number of hydrogen-bond acceptors (Lipinski definition) is 6. The number of nitrogens with zero attached hydrogens (tertiary/aromatic N) is 3. The van der Waals surface area contributed by atoms with E-state index in [1.165, 1.54) is 19.3 Å². The number of nitrogens with two attached hydrogens (primary N) is 1. The van der Waals surface area contributed by atoms with Gasteiger partial charge in [0.05, 0.1) is 11.9 Å². The van der Waals surface area contributed by atoms with Crippen molar-refractivity contribution >= 4 is 23.9 Å². The molecule has 1 amide bonds. The van der Waals surface area contributed by atoms with Crippen molar-refractivity contribution in [3.05, 3.63) is 18.3 Å². The second-order valence-corrected chi connectivity index (χ2v) is 8.53. The number of carbonyl (C=O) groups is 2. The molecule has 0 saturated carbocycles. The maximum absolute atomic E-state index is 12.3. The van der Waals surface area contributed by atoms with Gasteiger partial charge in [-0.3, -0.25) is 14.5 Å². The van der Waals surface area contributed by atoms with Crippen LogP contribution in [0.3, 0.4) is 0 Å². The molecule has 0 radical (unpaired) electrons. The summed E-state index contributed by atoms with van der Waals surface area (Å²) in [4.78, 5) is 30.1. The molecule has 0 spiro atoms. The van der Waals surface area contributed by atoms with Crippen LogP contribution >= 0.6 is 0 Å². The number of likely N-dealkylation sites (N-methyl/N-ethyl adjacent to an activating group) is 1. The maximum Gasteiger partial charge on any atom is 0.293 e. The first-order chi connectivity index (χ1) is 13.6. The van der Waals surface area contributed by atoms with Crippen LogP contribution in [0.25, 0.3) is 0 Å². The zero-order valence-corrected chi connectivity index (χ0v) is 18.9. The number of fused-ring (bicyclic) bond motifs is 2. The van der Waals surface area contributed by atoms with E-state index in [0.717, 1.165) is 18.7 Å². The molecule has 0 aliphatic carbocycles. The monoisotopic (exact) mass is 406 g/mol. The van der Waals surface area contributed by atoms with Crippen molar-refractivity contribution in [2.24, 2.45) is 0 Å². The summed E-state index contributed by atoms with van der Waals surface area (Å²) in [6.45, 7) is 11.0. The summed E-state index contributed by atoms with van der Waals surface area (Å²) in [6.07, 6.45) is 7.25. The second-order valence-electron chi connectivity index (χ2n) is 8.53. The number of anilines is 2. The molecule has 1 aromatic rings. The Hall–Kier alpha value is -2.15. The van der Waals surface area contributed by atoms with E-state index in [1.807, 2.05) is 31.7 Å². The Morgan fingerprint density at radius 2 is 1.83 bits per heavy atom. The average Bonchev–Trinajstić information content (AvgIpc) is 2.93.